The standard InChI is InChI=1S/C12H18N3O13P/c13-4(10(19)20)1-7(16)26-29(25,27-8(17)2-5(14)11(21)22)28-9(18)3-6(15)12(23)24/h4-6H,1-3,13-15H2,(H,19,20)(H,21,22)(H,23,24). The van der Waals surface area contributed by atoms with Gasteiger partial charge in [-0.25, -0.2) is 0 Å². The van der Waals surface area contributed by atoms with Crippen LogP contribution in [0.15, 0.2) is 0 Å². The predicted molar refractivity (Wildman–Crippen MR) is 86.6 cm³/mol. The van der Waals surface area contributed by atoms with Crippen LogP contribution in [-0.4, -0.2) is 69.3 Å². The Morgan fingerprint density at radius 2 is 0.828 bits per heavy atom. The van der Waals surface area contributed by atoms with Crippen molar-refractivity contribution in [1.82, 2.24) is 0 Å². The lowest BCUT2D eigenvalue weighted by Crippen LogP contribution is -2.34. The number of carboxylic acid groups (broad SMARTS) is 3. The first-order chi connectivity index (χ1) is 13.2. The lowest BCUT2D eigenvalue weighted by Gasteiger charge is -2.18. The number of rotatable bonds is 12. The van der Waals surface area contributed by atoms with Crippen molar-refractivity contribution in [3.05, 3.63) is 0 Å². The maximum absolute atomic E-state index is 12.4. The van der Waals surface area contributed by atoms with Crippen molar-refractivity contribution in [2.45, 2.75) is 37.4 Å². The van der Waals surface area contributed by atoms with Crippen molar-refractivity contribution >= 4 is 43.6 Å². The second-order valence-corrected chi connectivity index (χ2v) is 6.73. The molecule has 3 unspecified atom stereocenters. The van der Waals surface area contributed by atoms with Crippen LogP contribution in [0.25, 0.3) is 0 Å². The fourth-order valence-corrected chi connectivity index (χ4v) is 2.43. The Hall–Kier alpha value is -3.07. The van der Waals surface area contributed by atoms with Gasteiger partial charge in [0.1, 0.15) is 18.1 Å². The summed E-state index contributed by atoms with van der Waals surface area (Å²) in [5, 5.41) is 25.8. The third kappa shape index (κ3) is 10.2. The number of aliphatic carboxylic acids is 3. The first kappa shape index (κ1) is 25.9. The number of nitrogens with two attached hydrogens (primary N) is 3. The first-order valence-corrected chi connectivity index (χ1v) is 8.85. The smallest absolute Gasteiger partial charge is 0.480 e. The summed E-state index contributed by atoms with van der Waals surface area (Å²) in [6, 6.07) is -5.45. The summed E-state index contributed by atoms with van der Waals surface area (Å²) in [5.74, 6) is -9.83. The minimum Gasteiger partial charge on any atom is -0.480 e. The van der Waals surface area contributed by atoms with Gasteiger partial charge in [-0.05, 0) is 0 Å². The highest BCUT2D eigenvalue weighted by molar-refractivity contribution is 7.50. The van der Waals surface area contributed by atoms with Crippen LogP contribution >= 0.6 is 7.82 Å². The topological polar surface area (TPSA) is 286 Å². The average Bonchev–Trinajstić information content (AvgIpc) is 2.52. The van der Waals surface area contributed by atoms with Crippen molar-refractivity contribution in [2.75, 3.05) is 0 Å². The third-order valence-electron chi connectivity index (χ3n) is 2.75. The van der Waals surface area contributed by atoms with E-state index in [1.807, 2.05) is 0 Å². The summed E-state index contributed by atoms with van der Waals surface area (Å²) >= 11 is 0. The Morgan fingerprint density at radius 1 is 0.621 bits per heavy atom. The molecule has 0 fully saturated rings. The van der Waals surface area contributed by atoms with Gasteiger partial charge in [-0.3, -0.25) is 28.8 Å². The van der Waals surface area contributed by atoms with E-state index >= 15 is 0 Å². The number of phosphoric ester groups is 1. The highest BCUT2D eigenvalue weighted by Gasteiger charge is 2.41. The zero-order valence-corrected chi connectivity index (χ0v) is 15.4. The summed E-state index contributed by atoms with van der Waals surface area (Å²) < 4.78 is 25.0. The van der Waals surface area contributed by atoms with Gasteiger partial charge in [0.2, 0.25) is 0 Å². The fourth-order valence-electron chi connectivity index (χ4n) is 1.34. The van der Waals surface area contributed by atoms with Gasteiger partial charge in [-0.2, -0.15) is 4.57 Å². The Balaban J connectivity index is 5.36. The van der Waals surface area contributed by atoms with Crippen molar-refractivity contribution in [1.29, 1.82) is 0 Å². The molecule has 0 bridgehead atoms. The maximum atomic E-state index is 12.4. The molecule has 3 atom stereocenters. The van der Waals surface area contributed by atoms with E-state index in [1.54, 1.807) is 0 Å². The van der Waals surface area contributed by atoms with Crippen LogP contribution in [0.4, 0.5) is 0 Å². The molecular weight excluding hydrogens is 425 g/mol. The van der Waals surface area contributed by atoms with Crippen LogP contribution in [0, 0.1) is 0 Å². The number of hydrogen-bond donors (Lipinski definition) is 6. The van der Waals surface area contributed by atoms with E-state index in [4.69, 9.17) is 32.5 Å². The lowest BCUT2D eigenvalue weighted by molar-refractivity contribution is -0.151. The summed E-state index contributed by atoms with van der Waals surface area (Å²) in [6.45, 7) is 0. The molecule has 0 aliphatic carbocycles. The van der Waals surface area contributed by atoms with E-state index in [0.29, 0.717) is 0 Å². The molecule has 9 N–H and O–H groups in total. The first-order valence-electron chi connectivity index (χ1n) is 7.39. The molecule has 0 spiro atoms. The Labute approximate surface area is 161 Å². The molecule has 0 rings (SSSR count). The molecule has 17 heteroatoms. The highest BCUT2D eigenvalue weighted by atomic mass is 31.2. The van der Waals surface area contributed by atoms with Crippen molar-refractivity contribution in [3.8, 4) is 0 Å². The molecule has 0 radical (unpaired) electrons. The van der Waals surface area contributed by atoms with Gasteiger partial charge in [-0.15, -0.1) is 0 Å². The fraction of sp³-hybridized carbons (Fsp3) is 0.500. The number of carbonyl (C=O) groups is 6. The molecule has 0 saturated heterocycles. The minimum absolute atomic E-state index is 1.09. The average molecular weight is 443 g/mol. The van der Waals surface area contributed by atoms with E-state index in [1.165, 1.54) is 0 Å². The molecule has 29 heavy (non-hydrogen) atoms. The van der Waals surface area contributed by atoms with Crippen LogP contribution in [0.2, 0.25) is 0 Å². The number of hydrogen-bond acceptors (Lipinski definition) is 13. The van der Waals surface area contributed by atoms with Crippen molar-refractivity contribution in [3.63, 3.8) is 0 Å². The molecule has 0 aliphatic heterocycles. The summed E-state index contributed by atoms with van der Waals surface area (Å²) in [4.78, 5) is 66.8. The zero-order chi connectivity index (χ0) is 22.9. The molecular formula is C12H18N3O13P. The van der Waals surface area contributed by atoms with E-state index < -0.39 is 81.0 Å². The Bertz CT molecular complexity index is 643. The second kappa shape index (κ2) is 11.1. The lowest BCUT2D eigenvalue weighted by atomic mass is 10.2. The van der Waals surface area contributed by atoms with Crippen LogP contribution in [0.1, 0.15) is 19.3 Å². The van der Waals surface area contributed by atoms with E-state index in [2.05, 4.69) is 13.6 Å². The van der Waals surface area contributed by atoms with Crippen LogP contribution in [-0.2, 0) is 46.9 Å². The van der Waals surface area contributed by atoms with E-state index in [0.717, 1.165) is 0 Å². The van der Waals surface area contributed by atoms with E-state index in [-0.39, 0.29) is 0 Å². The molecule has 0 aromatic carbocycles. The maximum Gasteiger partial charge on any atom is 0.653 e. The van der Waals surface area contributed by atoms with Gasteiger partial charge in [0.15, 0.2) is 0 Å². The zero-order valence-electron chi connectivity index (χ0n) is 14.5. The van der Waals surface area contributed by atoms with Gasteiger partial charge >= 0.3 is 43.6 Å². The molecule has 0 aliphatic rings. The monoisotopic (exact) mass is 443 g/mol. The second-order valence-electron chi connectivity index (χ2n) is 5.28. The molecule has 0 aromatic rings. The quantitative estimate of drug-likeness (QED) is 0.165. The largest absolute Gasteiger partial charge is 0.653 e. The van der Waals surface area contributed by atoms with E-state index in [9.17, 15) is 33.3 Å². The summed E-state index contributed by atoms with van der Waals surface area (Å²) in [5.41, 5.74) is 15.2. The van der Waals surface area contributed by atoms with Gasteiger partial charge < -0.3 is 46.1 Å². The minimum atomic E-state index is -5.44. The molecule has 0 heterocycles. The normalized spacial score (nSPS) is 15.7. The number of carboxylic acids is 3. The van der Waals surface area contributed by atoms with Crippen LogP contribution in [0.3, 0.4) is 0 Å². The molecule has 0 saturated carbocycles. The van der Waals surface area contributed by atoms with Gasteiger partial charge in [-0.1, -0.05) is 0 Å². The molecule has 164 valence electrons. The van der Waals surface area contributed by atoms with Gasteiger partial charge in [0.05, 0.1) is 19.3 Å². The van der Waals surface area contributed by atoms with Crippen molar-refractivity contribution < 1.29 is 62.2 Å². The molecule has 0 aromatic heterocycles. The molecule has 16 nitrogen and oxygen atoms in total. The Morgan fingerprint density at radius 3 is 1.00 bits per heavy atom. The molecule has 0 amide bonds. The van der Waals surface area contributed by atoms with Crippen molar-refractivity contribution in [2.24, 2.45) is 17.2 Å². The Kier molecular flexibility index (Phi) is 9.89. The third-order valence-corrected chi connectivity index (χ3v) is 4.03. The summed E-state index contributed by atoms with van der Waals surface area (Å²) in [7, 11) is -5.44. The van der Waals surface area contributed by atoms with Gasteiger partial charge in [0.25, 0.3) is 0 Å². The van der Waals surface area contributed by atoms with Crippen LogP contribution < -0.4 is 17.2 Å². The van der Waals surface area contributed by atoms with Gasteiger partial charge in [0, 0.05) is 0 Å². The van der Waals surface area contributed by atoms with Crippen LogP contribution in [0.5, 0.6) is 0 Å². The predicted octanol–water partition coefficient (Wildman–Crippen LogP) is -2.87. The summed E-state index contributed by atoms with van der Waals surface area (Å²) in [6.07, 6.45) is -3.26. The number of carbonyl (C=O) groups excluding carboxylic acids is 3. The number of phosphoric acid groups is 1. The SMILES string of the molecule is NC(CC(=O)OP(=O)(OC(=O)CC(N)C(=O)O)OC(=O)CC(N)C(=O)O)C(=O)O. The highest BCUT2D eigenvalue weighted by Crippen LogP contribution is 2.50.